The highest BCUT2D eigenvalue weighted by molar-refractivity contribution is 7.80. The monoisotopic (exact) mass is 327 g/mol. The molecule has 0 aliphatic carbocycles. The van der Waals surface area contributed by atoms with E-state index in [1.54, 1.807) is 0 Å². The molecule has 1 aliphatic heterocycles. The molecule has 4 heteroatoms. The van der Waals surface area contributed by atoms with E-state index in [0.717, 1.165) is 18.2 Å². The molecule has 2 heterocycles. The fraction of sp³-hybridized carbons (Fsp3) is 0.421. The molecule has 1 aromatic carbocycles. The van der Waals surface area contributed by atoms with Crippen molar-refractivity contribution in [3.8, 4) is 0 Å². The van der Waals surface area contributed by atoms with E-state index >= 15 is 0 Å². The molecule has 0 amide bonds. The summed E-state index contributed by atoms with van der Waals surface area (Å²) >= 11 is 5.73. The van der Waals surface area contributed by atoms with Crippen molar-refractivity contribution in [3.05, 3.63) is 59.9 Å². The molecule has 1 N–H and O–H groups in total. The van der Waals surface area contributed by atoms with E-state index in [1.807, 2.05) is 6.07 Å². The Morgan fingerprint density at radius 1 is 1.13 bits per heavy atom. The highest BCUT2D eigenvalue weighted by Crippen LogP contribution is 2.30. The summed E-state index contributed by atoms with van der Waals surface area (Å²) in [5.41, 5.74) is 2.62. The number of rotatable bonds is 3. The minimum absolute atomic E-state index is 0.383. The van der Waals surface area contributed by atoms with Gasteiger partial charge in [0.25, 0.3) is 0 Å². The van der Waals surface area contributed by atoms with Crippen LogP contribution in [0.5, 0.6) is 0 Å². The third-order valence-corrected chi connectivity index (χ3v) is 5.00. The van der Waals surface area contributed by atoms with Crippen LogP contribution in [0.15, 0.2) is 48.7 Å². The zero-order valence-electron chi connectivity index (χ0n) is 13.7. The van der Waals surface area contributed by atoms with Crippen LogP contribution in [0.4, 0.5) is 0 Å². The molecule has 1 saturated heterocycles. The number of likely N-dealkylation sites (tertiary alicyclic amines) is 1. The minimum Gasteiger partial charge on any atom is -0.358 e. The molecule has 0 saturated carbocycles. The van der Waals surface area contributed by atoms with Gasteiger partial charge >= 0.3 is 0 Å². The fourth-order valence-electron chi connectivity index (χ4n) is 3.35. The first-order valence-corrected chi connectivity index (χ1v) is 8.86. The number of hydrogen-bond acceptors (Lipinski definition) is 1. The van der Waals surface area contributed by atoms with Gasteiger partial charge in [-0.2, -0.15) is 0 Å². The van der Waals surface area contributed by atoms with Crippen LogP contribution in [0, 0.1) is 0 Å². The standard InChI is InChI=1S/C19H25N3S/c1-21-13-8-12-17(21)18-11-6-3-7-14-22(18)19(23)20-15-16-9-4-2-5-10-16/h2,4-5,8-10,12-13,18H,3,6-7,11,14-15H2,1H3,(H,20,23)/t18-/m0/s1. The lowest BCUT2D eigenvalue weighted by molar-refractivity contribution is 0.306. The predicted molar refractivity (Wildman–Crippen MR) is 99.2 cm³/mol. The number of thiocarbonyl (C=S) groups is 1. The second-order valence-corrected chi connectivity index (χ2v) is 6.63. The smallest absolute Gasteiger partial charge is 0.169 e. The Morgan fingerprint density at radius 2 is 1.96 bits per heavy atom. The van der Waals surface area contributed by atoms with Gasteiger partial charge in [0.15, 0.2) is 5.11 Å². The van der Waals surface area contributed by atoms with E-state index in [-0.39, 0.29) is 0 Å². The normalized spacial score (nSPS) is 18.5. The second-order valence-electron chi connectivity index (χ2n) is 6.25. The van der Waals surface area contributed by atoms with Crippen LogP contribution in [0.3, 0.4) is 0 Å². The van der Waals surface area contributed by atoms with E-state index in [0.29, 0.717) is 6.04 Å². The van der Waals surface area contributed by atoms with Crippen molar-refractivity contribution in [2.45, 2.75) is 38.3 Å². The Labute approximate surface area is 144 Å². The van der Waals surface area contributed by atoms with Crippen molar-refractivity contribution < 1.29 is 0 Å². The molecule has 0 radical (unpaired) electrons. The lowest BCUT2D eigenvalue weighted by Crippen LogP contribution is -2.42. The second kappa shape index (κ2) is 7.64. The first-order valence-electron chi connectivity index (χ1n) is 8.45. The Kier molecular flexibility index (Phi) is 5.34. The average Bonchev–Trinajstić information content (AvgIpc) is 2.85. The summed E-state index contributed by atoms with van der Waals surface area (Å²) in [5, 5.41) is 4.33. The van der Waals surface area contributed by atoms with Gasteiger partial charge in [-0.05, 0) is 42.8 Å². The highest BCUT2D eigenvalue weighted by Gasteiger charge is 2.26. The van der Waals surface area contributed by atoms with Gasteiger partial charge in [0.1, 0.15) is 0 Å². The Morgan fingerprint density at radius 3 is 2.70 bits per heavy atom. The summed E-state index contributed by atoms with van der Waals surface area (Å²) in [7, 11) is 2.12. The summed E-state index contributed by atoms with van der Waals surface area (Å²) < 4.78 is 2.22. The van der Waals surface area contributed by atoms with E-state index in [2.05, 4.69) is 64.4 Å². The van der Waals surface area contributed by atoms with Crippen molar-refractivity contribution in [3.63, 3.8) is 0 Å². The lowest BCUT2D eigenvalue weighted by Gasteiger charge is -2.33. The van der Waals surface area contributed by atoms with Gasteiger partial charge in [-0.25, -0.2) is 0 Å². The van der Waals surface area contributed by atoms with Crippen LogP contribution in [-0.4, -0.2) is 21.1 Å². The van der Waals surface area contributed by atoms with Crippen molar-refractivity contribution in [2.24, 2.45) is 7.05 Å². The van der Waals surface area contributed by atoms with Crippen LogP contribution in [0.25, 0.3) is 0 Å². The van der Waals surface area contributed by atoms with Gasteiger partial charge in [-0.3, -0.25) is 0 Å². The molecule has 1 aliphatic rings. The zero-order chi connectivity index (χ0) is 16.1. The molecule has 0 unspecified atom stereocenters. The first kappa shape index (κ1) is 16.1. The molecule has 3 nitrogen and oxygen atoms in total. The van der Waals surface area contributed by atoms with Crippen LogP contribution >= 0.6 is 12.2 Å². The Hall–Kier alpha value is -1.81. The maximum Gasteiger partial charge on any atom is 0.169 e. The van der Waals surface area contributed by atoms with E-state index in [9.17, 15) is 0 Å². The minimum atomic E-state index is 0.383. The summed E-state index contributed by atoms with van der Waals surface area (Å²) in [5.74, 6) is 0. The fourth-order valence-corrected chi connectivity index (χ4v) is 3.65. The zero-order valence-corrected chi connectivity index (χ0v) is 14.6. The molecular weight excluding hydrogens is 302 g/mol. The van der Waals surface area contributed by atoms with Crippen molar-refractivity contribution in [1.82, 2.24) is 14.8 Å². The lowest BCUT2D eigenvalue weighted by atomic mass is 10.1. The number of hydrogen-bond donors (Lipinski definition) is 1. The van der Waals surface area contributed by atoms with Gasteiger partial charge in [0.05, 0.1) is 6.04 Å². The van der Waals surface area contributed by atoms with Gasteiger partial charge in [-0.15, -0.1) is 0 Å². The van der Waals surface area contributed by atoms with E-state index in [4.69, 9.17) is 12.2 Å². The number of aromatic nitrogens is 1. The number of aryl methyl sites for hydroxylation is 1. The number of nitrogens with one attached hydrogen (secondary N) is 1. The van der Waals surface area contributed by atoms with E-state index < -0.39 is 0 Å². The van der Waals surface area contributed by atoms with Gasteiger partial charge in [0, 0.05) is 32.0 Å². The molecule has 3 rings (SSSR count). The molecule has 1 atom stereocenters. The van der Waals surface area contributed by atoms with Crippen molar-refractivity contribution >= 4 is 17.3 Å². The maximum absolute atomic E-state index is 5.73. The van der Waals surface area contributed by atoms with Crippen LogP contribution in [-0.2, 0) is 13.6 Å². The Bertz CT molecular complexity index is 635. The molecule has 0 spiro atoms. The van der Waals surface area contributed by atoms with E-state index in [1.165, 1.54) is 36.9 Å². The third-order valence-electron chi connectivity index (χ3n) is 4.63. The molecule has 0 bridgehead atoms. The van der Waals surface area contributed by atoms with Gasteiger partial charge in [0.2, 0.25) is 0 Å². The van der Waals surface area contributed by atoms with Crippen LogP contribution in [0.2, 0.25) is 0 Å². The van der Waals surface area contributed by atoms with Crippen molar-refractivity contribution in [2.75, 3.05) is 6.54 Å². The highest BCUT2D eigenvalue weighted by atomic mass is 32.1. The third kappa shape index (κ3) is 3.94. The summed E-state index contributed by atoms with van der Waals surface area (Å²) in [4.78, 5) is 2.39. The summed E-state index contributed by atoms with van der Waals surface area (Å²) in [6.07, 6.45) is 7.07. The SMILES string of the molecule is Cn1cccc1[C@@H]1CCCCCN1C(=S)NCc1ccccc1. The molecule has 1 fully saturated rings. The van der Waals surface area contributed by atoms with Gasteiger partial charge in [-0.1, -0.05) is 43.2 Å². The maximum atomic E-state index is 5.73. The average molecular weight is 327 g/mol. The van der Waals surface area contributed by atoms with Crippen LogP contribution < -0.4 is 5.32 Å². The van der Waals surface area contributed by atoms with Crippen LogP contribution in [0.1, 0.15) is 43.0 Å². The summed E-state index contributed by atoms with van der Waals surface area (Å²) in [6.45, 7) is 1.83. The number of benzene rings is 1. The molecular formula is C19H25N3S. The largest absolute Gasteiger partial charge is 0.358 e. The van der Waals surface area contributed by atoms with Gasteiger partial charge < -0.3 is 14.8 Å². The molecule has 1 aromatic heterocycles. The topological polar surface area (TPSA) is 20.2 Å². The summed E-state index contributed by atoms with van der Waals surface area (Å²) in [6, 6.07) is 15.2. The number of nitrogens with zero attached hydrogens (tertiary/aromatic N) is 2. The first-order chi connectivity index (χ1) is 11.3. The Balaban J connectivity index is 1.71. The quantitative estimate of drug-likeness (QED) is 0.860. The molecule has 2 aromatic rings. The molecule has 122 valence electrons. The molecule has 23 heavy (non-hydrogen) atoms. The van der Waals surface area contributed by atoms with Crippen molar-refractivity contribution in [1.29, 1.82) is 0 Å². The predicted octanol–water partition coefficient (Wildman–Crippen LogP) is 4.02.